The van der Waals surface area contributed by atoms with Crippen LogP contribution in [0.5, 0.6) is 0 Å². The summed E-state index contributed by atoms with van der Waals surface area (Å²) in [6, 6.07) is 10.7. The first-order valence-corrected chi connectivity index (χ1v) is 8.19. The largest absolute Gasteiger partial charge is 0.317 e. The van der Waals surface area contributed by atoms with Crippen LogP contribution in [0, 0.1) is 17.2 Å². The van der Waals surface area contributed by atoms with Gasteiger partial charge in [0.2, 0.25) is 0 Å². The second kappa shape index (κ2) is 8.17. The molecule has 0 amide bonds. The Bertz CT molecular complexity index is 472. The molecule has 21 heavy (non-hydrogen) atoms. The van der Waals surface area contributed by atoms with Gasteiger partial charge in [-0.3, -0.25) is 4.90 Å². The second-order valence-corrected chi connectivity index (χ2v) is 6.10. The molecule has 0 aromatic heterocycles. The highest BCUT2D eigenvalue weighted by atomic mass is 15.2. The average molecular weight is 285 g/mol. The Kier molecular flexibility index (Phi) is 6.22. The van der Waals surface area contributed by atoms with Crippen LogP contribution in [0.1, 0.15) is 50.3 Å². The fraction of sp³-hybridized carbons (Fsp3) is 0.611. The maximum Gasteiger partial charge on any atom is 0.0991 e. The van der Waals surface area contributed by atoms with Gasteiger partial charge in [-0.1, -0.05) is 19.1 Å². The molecule has 0 radical (unpaired) electrons. The van der Waals surface area contributed by atoms with Gasteiger partial charge in [-0.05, 0) is 69.4 Å². The summed E-state index contributed by atoms with van der Waals surface area (Å²) in [5.41, 5.74) is 2.02. The summed E-state index contributed by atoms with van der Waals surface area (Å²) in [5.74, 6) is 0.805. The minimum Gasteiger partial charge on any atom is -0.317 e. The summed E-state index contributed by atoms with van der Waals surface area (Å²) in [5, 5.41) is 12.5. The van der Waals surface area contributed by atoms with Gasteiger partial charge in [-0.2, -0.15) is 5.26 Å². The van der Waals surface area contributed by atoms with Gasteiger partial charge >= 0.3 is 0 Å². The van der Waals surface area contributed by atoms with E-state index in [9.17, 15) is 0 Å². The third-order valence-corrected chi connectivity index (χ3v) is 4.51. The highest BCUT2D eigenvalue weighted by Gasteiger charge is 2.21. The van der Waals surface area contributed by atoms with E-state index in [1.165, 1.54) is 31.4 Å². The lowest BCUT2D eigenvalue weighted by atomic mass is 9.95. The SMILES string of the molecule is CCCN(CC1CCNCC1)C(C)c1cccc(C#N)c1. The summed E-state index contributed by atoms with van der Waals surface area (Å²) in [4.78, 5) is 2.59. The fourth-order valence-corrected chi connectivity index (χ4v) is 3.21. The molecule has 1 atom stereocenters. The maximum absolute atomic E-state index is 9.08. The van der Waals surface area contributed by atoms with Crippen LogP contribution in [0.3, 0.4) is 0 Å². The Morgan fingerprint density at radius 1 is 1.38 bits per heavy atom. The molecule has 1 N–H and O–H groups in total. The van der Waals surface area contributed by atoms with Crippen molar-refractivity contribution < 1.29 is 0 Å². The predicted octanol–water partition coefficient (Wildman–Crippen LogP) is 3.33. The molecule has 1 heterocycles. The lowest BCUT2D eigenvalue weighted by Gasteiger charge is -2.34. The Labute approximate surface area is 129 Å². The average Bonchev–Trinajstić information content (AvgIpc) is 2.55. The van der Waals surface area contributed by atoms with Crippen LogP contribution in [0.15, 0.2) is 24.3 Å². The molecule has 1 unspecified atom stereocenters. The number of rotatable bonds is 6. The number of nitrogens with one attached hydrogen (secondary N) is 1. The molecule has 1 fully saturated rings. The van der Waals surface area contributed by atoms with Crippen molar-refractivity contribution in [2.75, 3.05) is 26.2 Å². The molecule has 1 saturated heterocycles. The minimum atomic E-state index is 0.383. The molecular formula is C18H27N3. The van der Waals surface area contributed by atoms with E-state index in [-0.39, 0.29) is 0 Å². The maximum atomic E-state index is 9.08. The van der Waals surface area contributed by atoms with Crippen molar-refractivity contribution in [2.45, 2.75) is 39.2 Å². The number of nitriles is 1. The highest BCUT2D eigenvalue weighted by molar-refractivity contribution is 5.34. The first-order valence-electron chi connectivity index (χ1n) is 8.19. The smallest absolute Gasteiger partial charge is 0.0991 e. The van der Waals surface area contributed by atoms with E-state index in [0.29, 0.717) is 6.04 Å². The molecule has 0 bridgehead atoms. The molecule has 3 heteroatoms. The summed E-state index contributed by atoms with van der Waals surface area (Å²) in [6.45, 7) is 9.13. The van der Waals surface area contributed by atoms with Gasteiger partial charge in [0.1, 0.15) is 0 Å². The Hall–Kier alpha value is -1.37. The molecule has 0 saturated carbocycles. The zero-order chi connectivity index (χ0) is 15.1. The Balaban J connectivity index is 2.06. The van der Waals surface area contributed by atoms with Crippen molar-refractivity contribution in [1.82, 2.24) is 10.2 Å². The number of benzene rings is 1. The van der Waals surface area contributed by atoms with Gasteiger partial charge < -0.3 is 5.32 Å². The summed E-state index contributed by atoms with van der Waals surface area (Å²) >= 11 is 0. The zero-order valence-corrected chi connectivity index (χ0v) is 13.3. The molecule has 1 aromatic rings. The normalized spacial score (nSPS) is 17.6. The number of hydrogen-bond donors (Lipinski definition) is 1. The summed E-state index contributed by atoms with van der Waals surface area (Å²) in [7, 11) is 0. The Morgan fingerprint density at radius 2 is 2.14 bits per heavy atom. The van der Waals surface area contributed by atoms with Gasteiger partial charge in [0, 0.05) is 12.6 Å². The Morgan fingerprint density at radius 3 is 2.81 bits per heavy atom. The van der Waals surface area contributed by atoms with Gasteiger partial charge in [0.05, 0.1) is 11.6 Å². The van der Waals surface area contributed by atoms with E-state index >= 15 is 0 Å². The number of hydrogen-bond acceptors (Lipinski definition) is 3. The van der Waals surface area contributed by atoms with Crippen LogP contribution in [0.2, 0.25) is 0 Å². The molecule has 1 aliphatic rings. The minimum absolute atomic E-state index is 0.383. The van der Waals surface area contributed by atoms with E-state index in [1.807, 2.05) is 18.2 Å². The van der Waals surface area contributed by atoms with Crippen LogP contribution in [0.25, 0.3) is 0 Å². The van der Waals surface area contributed by atoms with Crippen molar-refractivity contribution >= 4 is 0 Å². The van der Waals surface area contributed by atoms with Crippen LogP contribution >= 0.6 is 0 Å². The second-order valence-electron chi connectivity index (χ2n) is 6.10. The van der Waals surface area contributed by atoms with Gasteiger partial charge in [0.15, 0.2) is 0 Å². The van der Waals surface area contributed by atoms with Gasteiger partial charge in [-0.25, -0.2) is 0 Å². The standard InChI is InChI=1S/C18H27N3/c1-3-11-21(14-16-7-9-20-10-8-16)15(2)18-6-4-5-17(12-18)13-19/h4-6,12,15-16,20H,3,7-11,14H2,1-2H3. The molecule has 2 rings (SSSR count). The van der Waals surface area contributed by atoms with Crippen LogP contribution in [-0.4, -0.2) is 31.1 Å². The molecule has 0 aliphatic carbocycles. The molecule has 0 spiro atoms. The summed E-state index contributed by atoms with van der Waals surface area (Å²) < 4.78 is 0. The first-order chi connectivity index (χ1) is 10.2. The van der Waals surface area contributed by atoms with Crippen molar-refractivity contribution in [3.05, 3.63) is 35.4 Å². The molecule has 114 valence electrons. The van der Waals surface area contributed by atoms with Crippen molar-refractivity contribution in [3.63, 3.8) is 0 Å². The first kappa shape index (κ1) is 16.0. The number of nitrogens with zero attached hydrogens (tertiary/aromatic N) is 2. The molecule has 1 aromatic carbocycles. The van der Waals surface area contributed by atoms with Crippen molar-refractivity contribution in [3.8, 4) is 6.07 Å². The lowest BCUT2D eigenvalue weighted by Crippen LogP contribution is -2.37. The monoisotopic (exact) mass is 285 g/mol. The van der Waals surface area contributed by atoms with E-state index in [4.69, 9.17) is 5.26 Å². The summed E-state index contributed by atoms with van der Waals surface area (Å²) in [6.07, 6.45) is 3.74. The number of piperidine rings is 1. The van der Waals surface area contributed by atoms with Crippen molar-refractivity contribution in [2.24, 2.45) is 5.92 Å². The lowest BCUT2D eigenvalue weighted by molar-refractivity contribution is 0.161. The third-order valence-electron chi connectivity index (χ3n) is 4.51. The van der Waals surface area contributed by atoms with Crippen molar-refractivity contribution in [1.29, 1.82) is 5.26 Å². The molecular weight excluding hydrogens is 258 g/mol. The van der Waals surface area contributed by atoms with Crippen LogP contribution in [0.4, 0.5) is 0 Å². The van der Waals surface area contributed by atoms with Gasteiger partial charge in [0.25, 0.3) is 0 Å². The van der Waals surface area contributed by atoms with E-state index in [0.717, 1.165) is 31.1 Å². The fourth-order valence-electron chi connectivity index (χ4n) is 3.21. The van der Waals surface area contributed by atoms with E-state index < -0.39 is 0 Å². The van der Waals surface area contributed by atoms with E-state index in [2.05, 4.69) is 36.2 Å². The molecule has 1 aliphatic heterocycles. The van der Waals surface area contributed by atoms with Gasteiger partial charge in [-0.15, -0.1) is 0 Å². The molecule has 3 nitrogen and oxygen atoms in total. The van der Waals surface area contributed by atoms with Crippen LogP contribution in [-0.2, 0) is 0 Å². The predicted molar refractivity (Wildman–Crippen MR) is 87.0 cm³/mol. The third kappa shape index (κ3) is 4.56. The topological polar surface area (TPSA) is 39.1 Å². The quantitative estimate of drug-likeness (QED) is 0.871. The van der Waals surface area contributed by atoms with E-state index in [1.54, 1.807) is 0 Å². The zero-order valence-electron chi connectivity index (χ0n) is 13.3. The highest BCUT2D eigenvalue weighted by Crippen LogP contribution is 2.24. The van der Waals surface area contributed by atoms with Crippen LogP contribution < -0.4 is 5.32 Å².